The van der Waals surface area contributed by atoms with Gasteiger partial charge in [0.15, 0.2) is 0 Å². The summed E-state index contributed by atoms with van der Waals surface area (Å²) in [4.78, 5) is 15.6. The third-order valence-corrected chi connectivity index (χ3v) is 7.35. The Bertz CT molecular complexity index is 709. The molecule has 26 heavy (non-hydrogen) atoms. The molecular formula is C23H29NO2. The van der Waals surface area contributed by atoms with Gasteiger partial charge in [0.2, 0.25) is 5.91 Å². The molecule has 3 heteroatoms. The van der Waals surface area contributed by atoms with Crippen LogP contribution in [-0.2, 0) is 4.79 Å². The molecule has 1 aromatic carbocycles. The minimum Gasteiger partial charge on any atom is -0.497 e. The summed E-state index contributed by atoms with van der Waals surface area (Å²) >= 11 is 0. The summed E-state index contributed by atoms with van der Waals surface area (Å²) in [5.41, 5.74) is 2.05. The normalized spacial score (nSPS) is 37.4. The maximum absolute atomic E-state index is 13.3. The van der Waals surface area contributed by atoms with E-state index in [1.54, 1.807) is 7.11 Å². The van der Waals surface area contributed by atoms with Crippen molar-refractivity contribution in [2.45, 2.75) is 51.0 Å². The third kappa shape index (κ3) is 2.76. The van der Waals surface area contributed by atoms with Crippen LogP contribution in [0.5, 0.6) is 5.75 Å². The van der Waals surface area contributed by atoms with Gasteiger partial charge in [-0.2, -0.15) is 0 Å². The number of amides is 1. The first-order valence-corrected chi connectivity index (χ1v) is 10.4. The van der Waals surface area contributed by atoms with Gasteiger partial charge in [0.1, 0.15) is 5.75 Å². The molecule has 5 fully saturated rings. The number of hydrogen-bond acceptors (Lipinski definition) is 2. The van der Waals surface area contributed by atoms with Crippen LogP contribution in [-0.4, -0.2) is 30.5 Å². The second-order valence-electron chi connectivity index (χ2n) is 8.97. The van der Waals surface area contributed by atoms with E-state index in [9.17, 15) is 4.79 Å². The van der Waals surface area contributed by atoms with Crippen LogP contribution in [0.25, 0.3) is 6.08 Å². The fraction of sp³-hybridized carbons (Fsp3) is 0.609. The summed E-state index contributed by atoms with van der Waals surface area (Å²) in [7, 11) is 1.69. The molecule has 0 N–H and O–H groups in total. The molecule has 1 aliphatic heterocycles. The molecule has 0 spiro atoms. The van der Waals surface area contributed by atoms with Crippen LogP contribution in [0.1, 0.15) is 50.5 Å². The highest BCUT2D eigenvalue weighted by Gasteiger charge is 2.51. The minimum absolute atomic E-state index is 0.302. The topological polar surface area (TPSA) is 29.5 Å². The number of hydrogen-bond donors (Lipinski definition) is 0. The quantitative estimate of drug-likeness (QED) is 0.749. The molecule has 0 atom stereocenters. The van der Waals surface area contributed by atoms with E-state index >= 15 is 0 Å². The van der Waals surface area contributed by atoms with Crippen LogP contribution >= 0.6 is 0 Å². The minimum atomic E-state index is 0.302. The predicted molar refractivity (Wildman–Crippen MR) is 103 cm³/mol. The number of carbonyl (C=O) groups excluding carboxylic acids is 1. The Morgan fingerprint density at radius 2 is 1.81 bits per heavy atom. The largest absolute Gasteiger partial charge is 0.497 e. The van der Waals surface area contributed by atoms with Crippen LogP contribution in [0, 0.1) is 23.7 Å². The van der Waals surface area contributed by atoms with Crippen molar-refractivity contribution in [1.29, 1.82) is 0 Å². The summed E-state index contributed by atoms with van der Waals surface area (Å²) in [6.07, 6.45) is 11.0. The zero-order chi connectivity index (χ0) is 17.7. The first-order valence-electron chi connectivity index (χ1n) is 10.4. The second-order valence-corrected chi connectivity index (χ2v) is 8.97. The standard InChI is InChI=1S/C23H29NO2/c1-26-21-6-2-4-15(14-21)9-18-5-3-7-24(23(18)25)22-19-10-16-8-17(12-19)13-20(22)11-16/h2,4,6,9,14,16-17,19-20,22H,3,5,7-8,10-13H2,1H3/b18-9+. The number of piperidine rings is 1. The molecular weight excluding hydrogens is 322 g/mol. The van der Waals surface area contributed by atoms with Gasteiger partial charge in [-0.15, -0.1) is 0 Å². The maximum atomic E-state index is 13.3. The molecule has 0 unspecified atom stereocenters. The van der Waals surface area contributed by atoms with E-state index in [0.717, 1.165) is 59.9 Å². The van der Waals surface area contributed by atoms with Crippen LogP contribution in [0.4, 0.5) is 0 Å². The third-order valence-electron chi connectivity index (χ3n) is 7.35. The van der Waals surface area contributed by atoms with E-state index in [1.807, 2.05) is 18.2 Å². The number of nitrogens with zero attached hydrogens (tertiary/aromatic N) is 1. The first kappa shape index (κ1) is 16.4. The number of rotatable bonds is 3. The van der Waals surface area contributed by atoms with Crippen LogP contribution in [0.3, 0.4) is 0 Å². The summed E-state index contributed by atoms with van der Waals surface area (Å²) in [6.45, 7) is 0.960. The van der Waals surface area contributed by atoms with Crippen molar-refractivity contribution < 1.29 is 9.53 Å². The fourth-order valence-electron chi connectivity index (χ4n) is 6.59. The Morgan fingerprint density at radius 1 is 1.08 bits per heavy atom. The second kappa shape index (κ2) is 6.44. The number of methoxy groups -OCH3 is 1. The van der Waals surface area contributed by atoms with Gasteiger partial charge in [0, 0.05) is 18.2 Å². The Morgan fingerprint density at radius 3 is 2.50 bits per heavy atom. The van der Waals surface area contributed by atoms with E-state index in [4.69, 9.17) is 4.74 Å². The van der Waals surface area contributed by atoms with Crippen molar-refractivity contribution in [3.05, 3.63) is 35.4 Å². The van der Waals surface area contributed by atoms with Gasteiger partial charge in [0.05, 0.1) is 7.11 Å². The molecule has 1 amide bonds. The van der Waals surface area contributed by atoms with E-state index in [0.29, 0.717) is 11.9 Å². The smallest absolute Gasteiger partial charge is 0.250 e. The molecule has 4 aliphatic carbocycles. The van der Waals surface area contributed by atoms with Crippen molar-refractivity contribution in [3.63, 3.8) is 0 Å². The predicted octanol–water partition coefficient (Wildman–Crippen LogP) is 4.53. The maximum Gasteiger partial charge on any atom is 0.250 e. The van der Waals surface area contributed by atoms with Gasteiger partial charge >= 0.3 is 0 Å². The lowest BCUT2D eigenvalue weighted by molar-refractivity contribution is -0.141. The molecule has 1 aromatic rings. The zero-order valence-electron chi connectivity index (χ0n) is 15.7. The number of ether oxygens (including phenoxy) is 1. The highest BCUT2D eigenvalue weighted by molar-refractivity contribution is 5.98. The molecule has 0 radical (unpaired) electrons. The first-order chi connectivity index (χ1) is 12.7. The number of benzene rings is 1. The summed E-state index contributed by atoms with van der Waals surface area (Å²) in [5, 5.41) is 0. The van der Waals surface area contributed by atoms with Gasteiger partial charge < -0.3 is 9.64 Å². The van der Waals surface area contributed by atoms with Crippen molar-refractivity contribution in [3.8, 4) is 5.75 Å². The molecule has 3 nitrogen and oxygen atoms in total. The Labute approximate surface area is 156 Å². The lowest BCUT2D eigenvalue weighted by Crippen LogP contribution is -2.58. The van der Waals surface area contributed by atoms with Gasteiger partial charge in [0.25, 0.3) is 0 Å². The highest BCUT2D eigenvalue weighted by atomic mass is 16.5. The fourth-order valence-corrected chi connectivity index (χ4v) is 6.59. The number of likely N-dealkylation sites (tertiary alicyclic amines) is 1. The number of carbonyl (C=O) groups is 1. The zero-order valence-corrected chi connectivity index (χ0v) is 15.7. The Balaban J connectivity index is 1.39. The molecule has 4 bridgehead atoms. The van der Waals surface area contributed by atoms with E-state index < -0.39 is 0 Å². The molecule has 6 rings (SSSR count). The van der Waals surface area contributed by atoms with E-state index in [-0.39, 0.29) is 0 Å². The van der Waals surface area contributed by atoms with E-state index in [1.165, 1.54) is 32.1 Å². The summed E-state index contributed by atoms with van der Waals surface area (Å²) < 4.78 is 5.33. The highest BCUT2D eigenvalue weighted by Crippen LogP contribution is 2.55. The molecule has 0 aromatic heterocycles. The van der Waals surface area contributed by atoms with Crippen molar-refractivity contribution in [1.82, 2.24) is 4.90 Å². The van der Waals surface area contributed by atoms with Gasteiger partial charge in [-0.3, -0.25) is 4.79 Å². The monoisotopic (exact) mass is 351 g/mol. The van der Waals surface area contributed by atoms with E-state index in [2.05, 4.69) is 17.0 Å². The molecule has 138 valence electrons. The van der Waals surface area contributed by atoms with Crippen LogP contribution in [0.15, 0.2) is 29.8 Å². The molecule has 1 heterocycles. The van der Waals surface area contributed by atoms with Gasteiger partial charge in [-0.1, -0.05) is 12.1 Å². The van der Waals surface area contributed by atoms with Gasteiger partial charge in [-0.25, -0.2) is 0 Å². The molecule has 4 saturated carbocycles. The van der Waals surface area contributed by atoms with Crippen molar-refractivity contribution in [2.75, 3.05) is 13.7 Å². The van der Waals surface area contributed by atoms with Crippen molar-refractivity contribution >= 4 is 12.0 Å². The van der Waals surface area contributed by atoms with Crippen LogP contribution < -0.4 is 4.74 Å². The average molecular weight is 351 g/mol. The Kier molecular flexibility index (Phi) is 4.06. The SMILES string of the molecule is COc1cccc(/C=C2\CCCN(C3C4CC5CC(C4)CC3C5)C2=O)c1. The van der Waals surface area contributed by atoms with Gasteiger partial charge in [-0.05, 0) is 92.4 Å². The summed E-state index contributed by atoms with van der Waals surface area (Å²) in [6, 6.07) is 8.54. The summed E-state index contributed by atoms with van der Waals surface area (Å²) in [5.74, 6) is 4.61. The van der Waals surface area contributed by atoms with Crippen LogP contribution in [0.2, 0.25) is 0 Å². The molecule has 5 aliphatic rings. The lowest BCUT2D eigenvalue weighted by atomic mass is 9.53. The lowest BCUT2D eigenvalue weighted by Gasteiger charge is -2.57. The Hall–Kier alpha value is -1.77. The average Bonchev–Trinajstić information content (AvgIpc) is 2.64. The molecule has 1 saturated heterocycles. The van der Waals surface area contributed by atoms with Crippen molar-refractivity contribution in [2.24, 2.45) is 23.7 Å².